The Morgan fingerprint density at radius 3 is 2.00 bits per heavy atom. The molecule has 5 aromatic carbocycles. The Morgan fingerprint density at radius 1 is 0.746 bits per heavy atom. The van der Waals surface area contributed by atoms with Gasteiger partial charge in [-0.1, -0.05) is 110 Å². The van der Waals surface area contributed by atoms with Crippen molar-refractivity contribution < 1.29 is 43.2 Å². The van der Waals surface area contributed by atoms with Crippen LogP contribution in [-0.2, 0) is 24.9 Å². The molecule has 0 spiro atoms. The summed E-state index contributed by atoms with van der Waals surface area (Å²) in [6, 6.07) is 36.8. The third-order valence-corrected chi connectivity index (χ3v) is 12.1. The Morgan fingerprint density at radius 2 is 1.37 bits per heavy atom. The van der Waals surface area contributed by atoms with Crippen LogP contribution < -0.4 is 0 Å². The maximum absolute atomic E-state index is 14.0. The summed E-state index contributed by atoms with van der Waals surface area (Å²) in [4.78, 5) is 16.4. The van der Waals surface area contributed by atoms with Crippen molar-refractivity contribution in [2.24, 2.45) is 0 Å². The van der Waals surface area contributed by atoms with Crippen molar-refractivity contribution >= 4 is 38.5 Å². The van der Waals surface area contributed by atoms with E-state index in [0.717, 1.165) is 38.8 Å². The average Bonchev–Trinajstić information content (AvgIpc) is 3.79. The Labute approximate surface area is 360 Å². The van der Waals surface area contributed by atoms with Crippen LogP contribution in [0.2, 0.25) is 0 Å². The Kier molecular flexibility index (Phi) is 12.8. The number of carbonyl (C=O) groups is 1. The molecule has 59 heavy (non-hydrogen) atoms. The number of fused-ring (bicyclic) bond motifs is 6. The van der Waals surface area contributed by atoms with Gasteiger partial charge in [-0.3, -0.25) is 4.79 Å². The maximum atomic E-state index is 14.0. The number of rotatable bonds is 11. The fraction of sp³-hybridized carbons (Fsp3) is 0.308. The van der Waals surface area contributed by atoms with Gasteiger partial charge in [0.2, 0.25) is 0 Å². The van der Waals surface area contributed by atoms with Gasteiger partial charge in [-0.2, -0.15) is 0 Å². The van der Waals surface area contributed by atoms with E-state index < -0.39 is 22.9 Å². The van der Waals surface area contributed by atoms with Crippen molar-refractivity contribution in [2.75, 3.05) is 0 Å². The number of aliphatic hydroxyl groups is 1. The number of allylic oxidation sites excluding steroid dienone is 2. The second kappa shape index (κ2) is 17.3. The van der Waals surface area contributed by atoms with E-state index in [-0.39, 0.29) is 45.8 Å². The van der Waals surface area contributed by atoms with Gasteiger partial charge in [-0.05, 0) is 106 Å². The van der Waals surface area contributed by atoms with Crippen molar-refractivity contribution in [1.82, 2.24) is 4.98 Å². The predicted molar refractivity (Wildman–Crippen MR) is 236 cm³/mol. The van der Waals surface area contributed by atoms with Crippen LogP contribution in [0.25, 0.3) is 77.3 Å². The van der Waals surface area contributed by atoms with Crippen molar-refractivity contribution in [1.29, 1.82) is 0 Å². The van der Waals surface area contributed by atoms with Crippen LogP contribution in [0.5, 0.6) is 0 Å². The summed E-state index contributed by atoms with van der Waals surface area (Å²) >= 11 is 0. The summed E-state index contributed by atoms with van der Waals surface area (Å²) < 4.78 is 34.6. The van der Waals surface area contributed by atoms with Gasteiger partial charge in [0, 0.05) is 48.8 Å². The number of hydrogen-bond donors (Lipinski definition) is 1. The summed E-state index contributed by atoms with van der Waals surface area (Å²) in [5, 5.41) is 14.4. The van der Waals surface area contributed by atoms with E-state index in [9.17, 15) is 18.7 Å². The molecule has 4 nitrogen and oxygen atoms in total. The molecule has 2 aromatic heterocycles. The van der Waals surface area contributed by atoms with Crippen LogP contribution in [0.3, 0.4) is 0 Å². The summed E-state index contributed by atoms with van der Waals surface area (Å²) in [5.74, 6) is -0.720. The average molecular weight is 969 g/mol. The van der Waals surface area contributed by atoms with Gasteiger partial charge in [0.25, 0.3) is 0 Å². The smallest absolute Gasteiger partial charge is 0.196 e. The fourth-order valence-corrected chi connectivity index (χ4v) is 8.03. The molecule has 0 atom stereocenters. The van der Waals surface area contributed by atoms with Crippen LogP contribution in [0.1, 0.15) is 104 Å². The van der Waals surface area contributed by atoms with Crippen LogP contribution in [0.4, 0.5) is 8.78 Å². The van der Waals surface area contributed by atoms with Gasteiger partial charge in [0.05, 0.1) is 0 Å². The number of carbonyl (C=O) groups excluding carboxylic acids is 1. The van der Waals surface area contributed by atoms with E-state index >= 15 is 0 Å². The molecule has 0 bridgehead atoms. The number of alkyl halides is 2. The molecule has 0 aliphatic heterocycles. The first-order chi connectivity index (χ1) is 27.7. The number of nitrogens with zero attached hydrogens (tertiary/aromatic N) is 1. The van der Waals surface area contributed by atoms with Gasteiger partial charge >= 0.3 is 0 Å². The molecular formula is C52H52F2IrNO3-. The number of aromatic nitrogens is 1. The molecule has 1 N–H and O–H groups in total. The van der Waals surface area contributed by atoms with Gasteiger partial charge in [0.1, 0.15) is 16.9 Å². The standard InChI is InChI=1S/C39H30NO.C13H22F2O2.Ir/c1-22(2)27-17-28(23(3)4)19-29(18-27)38-39-34(15-16-40-38)31-14-12-26(21-36(31)41-39)25-11-13-30-32-9-5-7-24-8-6-10-33(37(24)32)35(30)20-25;1-5-12(14,6-2)10(16)9-11(17)13(15,7-3)8-4;/h5-18,20-23H,1-4H3;9,16H,5-8H2,1-4H3;/q-1;;/b;10-9-;. The molecule has 0 fully saturated rings. The largest absolute Gasteiger partial charge is 0.509 e. The number of hydrogen-bond acceptors (Lipinski definition) is 4. The number of aliphatic hydroxyl groups excluding tert-OH is 1. The predicted octanol–water partition coefficient (Wildman–Crippen LogP) is 15.2. The first-order valence-corrected chi connectivity index (χ1v) is 20.6. The molecule has 0 amide bonds. The van der Waals surface area contributed by atoms with E-state index in [1.54, 1.807) is 27.7 Å². The zero-order valence-corrected chi connectivity index (χ0v) is 37.5. The third-order valence-electron chi connectivity index (χ3n) is 12.1. The molecule has 1 aliphatic carbocycles. The van der Waals surface area contributed by atoms with Crippen LogP contribution >= 0.6 is 0 Å². The summed E-state index contributed by atoms with van der Waals surface area (Å²) in [5.41, 5.74) is 9.70. The fourth-order valence-electron chi connectivity index (χ4n) is 8.03. The van der Waals surface area contributed by atoms with Crippen molar-refractivity contribution in [3.63, 3.8) is 0 Å². The van der Waals surface area contributed by atoms with E-state index in [1.165, 1.54) is 49.7 Å². The summed E-state index contributed by atoms with van der Waals surface area (Å²) in [6.45, 7) is 15.1. The molecule has 1 radical (unpaired) electrons. The molecular weight excluding hydrogens is 917 g/mol. The molecule has 1 aliphatic rings. The number of ketones is 1. The molecule has 0 saturated heterocycles. The Balaban J connectivity index is 0.000000279. The monoisotopic (exact) mass is 969 g/mol. The summed E-state index contributed by atoms with van der Waals surface area (Å²) in [7, 11) is 0. The SMILES string of the molecule is CC(C)c1[c-]c(-c2nccc3c2oc2cc(-c4ccc5c(c4)-c4cccc6cccc-5c46)ccc23)cc(C(C)C)c1.CCC(F)(CC)C(=O)/C=C(\O)C(F)(CC)CC.[Ir]. The zero-order chi connectivity index (χ0) is 41.5. The number of halogens is 2. The molecule has 8 rings (SSSR count). The van der Waals surface area contributed by atoms with Gasteiger partial charge in [-0.15, -0.1) is 34.9 Å². The van der Waals surface area contributed by atoms with Crippen molar-refractivity contribution in [2.45, 2.75) is 104 Å². The minimum absolute atomic E-state index is 0. The molecule has 0 unspecified atom stereocenters. The zero-order valence-electron chi connectivity index (χ0n) is 35.1. The number of furan rings is 1. The molecule has 7 heteroatoms. The second-order valence-corrected chi connectivity index (χ2v) is 16.1. The molecule has 2 heterocycles. The maximum Gasteiger partial charge on any atom is 0.196 e. The minimum atomic E-state index is -2.00. The Bertz CT molecular complexity index is 2670. The van der Waals surface area contributed by atoms with Crippen LogP contribution in [0, 0.1) is 6.07 Å². The minimum Gasteiger partial charge on any atom is -0.509 e. The Hall–Kier alpha value is -4.97. The van der Waals surface area contributed by atoms with E-state index in [0.29, 0.717) is 17.9 Å². The third kappa shape index (κ3) is 8.04. The number of benzene rings is 5. The second-order valence-electron chi connectivity index (χ2n) is 16.1. The first-order valence-electron chi connectivity index (χ1n) is 20.6. The first kappa shape index (κ1) is 43.6. The number of pyridine rings is 1. The topological polar surface area (TPSA) is 63.3 Å². The van der Waals surface area contributed by atoms with E-state index in [4.69, 9.17) is 9.40 Å². The van der Waals surface area contributed by atoms with Crippen molar-refractivity contribution in [3.8, 4) is 44.6 Å². The summed E-state index contributed by atoms with van der Waals surface area (Å²) in [6.07, 6.45) is 2.74. The molecule has 307 valence electrons. The van der Waals surface area contributed by atoms with Crippen molar-refractivity contribution in [3.05, 3.63) is 126 Å². The van der Waals surface area contributed by atoms with Crippen LogP contribution in [0.15, 0.2) is 113 Å². The van der Waals surface area contributed by atoms with Gasteiger partial charge in [-0.25, -0.2) is 8.78 Å². The normalized spacial score (nSPS) is 12.6. The quantitative estimate of drug-likeness (QED) is 0.0797. The van der Waals surface area contributed by atoms with E-state index in [2.05, 4.69) is 125 Å². The van der Waals surface area contributed by atoms with Gasteiger partial charge < -0.3 is 14.5 Å². The van der Waals surface area contributed by atoms with E-state index in [1.807, 2.05) is 6.20 Å². The van der Waals surface area contributed by atoms with Gasteiger partial charge in [0.15, 0.2) is 17.1 Å². The van der Waals surface area contributed by atoms with Crippen LogP contribution in [-0.4, -0.2) is 27.2 Å². The molecule has 0 saturated carbocycles. The molecule has 7 aromatic rings.